The summed E-state index contributed by atoms with van der Waals surface area (Å²) >= 11 is 1.90. The van der Waals surface area contributed by atoms with E-state index < -0.39 is 0 Å². The van der Waals surface area contributed by atoms with Gasteiger partial charge in [0, 0.05) is 17.7 Å². The number of hydrogen-bond acceptors (Lipinski definition) is 4. The Morgan fingerprint density at radius 2 is 2.00 bits per heavy atom. The maximum absolute atomic E-state index is 5.27. The van der Waals surface area contributed by atoms with Crippen LogP contribution >= 0.6 is 11.8 Å². The lowest BCUT2D eigenvalue weighted by Gasteiger charge is -2.06. The van der Waals surface area contributed by atoms with Crippen LogP contribution in [0.15, 0.2) is 42.6 Å². The maximum atomic E-state index is 5.27. The number of anilines is 1. The third kappa shape index (κ3) is 3.48. The van der Waals surface area contributed by atoms with Gasteiger partial charge >= 0.3 is 0 Å². The minimum atomic E-state index is 0.697. The molecule has 3 N–H and O–H groups in total. The highest BCUT2D eigenvalue weighted by molar-refractivity contribution is 7.97. The molecule has 0 aliphatic carbocycles. The van der Waals surface area contributed by atoms with E-state index in [-0.39, 0.29) is 0 Å². The monoisotopic (exact) mass is 259 g/mol. The molecule has 2 rings (SSSR count). The maximum Gasteiger partial charge on any atom is 0.139 e. The van der Waals surface area contributed by atoms with Crippen LogP contribution in [-0.2, 0) is 11.5 Å². The highest BCUT2D eigenvalue weighted by Gasteiger charge is 1.99. The van der Waals surface area contributed by atoms with Gasteiger partial charge in [-0.1, -0.05) is 30.3 Å². The Kier molecular flexibility index (Phi) is 4.61. The summed E-state index contributed by atoms with van der Waals surface area (Å²) in [5.74, 6) is 7.97. The van der Waals surface area contributed by atoms with Crippen molar-refractivity contribution in [2.24, 2.45) is 5.84 Å². The molecule has 0 aliphatic heterocycles. The van der Waals surface area contributed by atoms with Crippen molar-refractivity contribution >= 4 is 17.6 Å². The number of hydrogen-bond donors (Lipinski definition) is 2. The molecule has 0 bridgehead atoms. The number of thioether (sulfide) groups is 1. The number of nitrogens with zero attached hydrogens (tertiary/aromatic N) is 1. The molecule has 1 aromatic heterocycles. The summed E-state index contributed by atoms with van der Waals surface area (Å²) in [6, 6.07) is 12.4. The van der Waals surface area contributed by atoms with Crippen LogP contribution in [0.3, 0.4) is 0 Å². The van der Waals surface area contributed by atoms with Crippen LogP contribution in [0.25, 0.3) is 0 Å². The van der Waals surface area contributed by atoms with Gasteiger partial charge in [-0.15, -0.1) is 0 Å². The lowest BCUT2D eigenvalue weighted by Crippen LogP contribution is -2.08. The fourth-order valence-corrected chi connectivity index (χ4v) is 2.70. The number of nitrogens with one attached hydrogen (secondary N) is 1. The predicted molar refractivity (Wildman–Crippen MR) is 78.2 cm³/mol. The summed E-state index contributed by atoms with van der Waals surface area (Å²) in [5.41, 5.74) is 6.49. The van der Waals surface area contributed by atoms with Crippen molar-refractivity contribution < 1.29 is 0 Å². The van der Waals surface area contributed by atoms with E-state index in [0.29, 0.717) is 5.82 Å². The van der Waals surface area contributed by atoms with Crippen molar-refractivity contribution in [2.45, 2.75) is 18.4 Å². The van der Waals surface area contributed by atoms with E-state index in [2.05, 4.69) is 41.6 Å². The van der Waals surface area contributed by atoms with Crippen LogP contribution < -0.4 is 11.3 Å². The molecular formula is C14H17N3S. The van der Waals surface area contributed by atoms with Gasteiger partial charge in [0.15, 0.2) is 0 Å². The van der Waals surface area contributed by atoms with E-state index in [0.717, 1.165) is 11.5 Å². The van der Waals surface area contributed by atoms with Crippen molar-refractivity contribution in [1.29, 1.82) is 0 Å². The van der Waals surface area contributed by atoms with Crippen LogP contribution in [0.5, 0.6) is 0 Å². The Labute approximate surface area is 112 Å². The van der Waals surface area contributed by atoms with Gasteiger partial charge in [-0.05, 0) is 29.7 Å². The molecule has 0 spiro atoms. The Morgan fingerprint density at radius 1 is 1.17 bits per heavy atom. The van der Waals surface area contributed by atoms with E-state index in [9.17, 15) is 0 Å². The number of aryl methyl sites for hydroxylation is 1. The number of pyridine rings is 1. The Balaban J connectivity index is 1.86. The fourth-order valence-electron chi connectivity index (χ4n) is 1.65. The van der Waals surface area contributed by atoms with Crippen molar-refractivity contribution in [2.75, 3.05) is 5.43 Å². The van der Waals surface area contributed by atoms with Crippen LogP contribution in [0.2, 0.25) is 0 Å². The molecule has 0 atom stereocenters. The van der Waals surface area contributed by atoms with Crippen molar-refractivity contribution in [3.05, 3.63) is 59.3 Å². The van der Waals surface area contributed by atoms with Crippen LogP contribution in [0, 0.1) is 6.92 Å². The summed E-state index contributed by atoms with van der Waals surface area (Å²) in [6.45, 7) is 2.15. The second kappa shape index (κ2) is 6.42. The summed E-state index contributed by atoms with van der Waals surface area (Å²) < 4.78 is 0. The summed E-state index contributed by atoms with van der Waals surface area (Å²) in [4.78, 5) is 4.19. The first-order chi connectivity index (χ1) is 8.79. The highest BCUT2D eigenvalue weighted by atomic mass is 32.2. The van der Waals surface area contributed by atoms with Crippen molar-refractivity contribution in [3.8, 4) is 0 Å². The van der Waals surface area contributed by atoms with Gasteiger partial charge in [0.05, 0.1) is 0 Å². The zero-order valence-corrected chi connectivity index (χ0v) is 11.2. The third-order valence-electron chi connectivity index (χ3n) is 2.76. The molecule has 1 heterocycles. The van der Waals surface area contributed by atoms with Gasteiger partial charge in [0.2, 0.25) is 0 Å². The highest BCUT2D eigenvalue weighted by Crippen LogP contribution is 2.20. The zero-order valence-electron chi connectivity index (χ0n) is 10.4. The predicted octanol–water partition coefficient (Wildman–Crippen LogP) is 3.11. The molecule has 0 fully saturated rings. The number of hydrazine groups is 1. The standard InChI is InChI=1S/C14H17N3S/c1-11-4-2-3-5-13(11)10-18-9-12-6-7-14(17-15)16-8-12/h2-8H,9-10,15H2,1H3,(H,16,17). The molecule has 1 aromatic carbocycles. The van der Waals surface area contributed by atoms with Gasteiger partial charge in [-0.3, -0.25) is 0 Å². The third-order valence-corrected chi connectivity index (χ3v) is 3.81. The lowest BCUT2D eigenvalue weighted by molar-refractivity contribution is 1.19. The number of benzene rings is 1. The molecule has 0 aliphatic rings. The Bertz CT molecular complexity index is 497. The first-order valence-electron chi connectivity index (χ1n) is 5.83. The second-order valence-corrected chi connectivity index (χ2v) is 5.10. The second-order valence-electron chi connectivity index (χ2n) is 4.12. The molecule has 2 aromatic rings. The van der Waals surface area contributed by atoms with Gasteiger partial charge in [-0.2, -0.15) is 11.8 Å². The molecule has 3 nitrogen and oxygen atoms in total. The van der Waals surface area contributed by atoms with E-state index >= 15 is 0 Å². The molecule has 4 heteroatoms. The van der Waals surface area contributed by atoms with Crippen LogP contribution in [0.4, 0.5) is 5.82 Å². The van der Waals surface area contributed by atoms with E-state index in [1.165, 1.54) is 16.7 Å². The van der Waals surface area contributed by atoms with E-state index in [1.54, 1.807) is 0 Å². The minimum absolute atomic E-state index is 0.697. The smallest absolute Gasteiger partial charge is 0.139 e. The van der Waals surface area contributed by atoms with Gasteiger partial charge in [0.1, 0.15) is 5.82 Å². The molecule has 0 saturated heterocycles. The molecule has 94 valence electrons. The lowest BCUT2D eigenvalue weighted by atomic mass is 10.1. The Hall–Kier alpha value is -1.52. The van der Waals surface area contributed by atoms with Gasteiger partial charge < -0.3 is 5.43 Å². The van der Waals surface area contributed by atoms with E-state index in [4.69, 9.17) is 5.84 Å². The van der Waals surface area contributed by atoms with Crippen LogP contribution in [-0.4, -0.2) is 4.98 Å². The number of rotatable bonds is 5. The number of aromatic nitrogens is 1. The topological polar surface area (TPSA) is 50.9 Å². The summed E-state index contributed by atoms with van der Waals surface area (Å²) in [7, 11) is 0. The molecular weight excluding hydrogens is 242 g/mol. The zero-order chi connectivity index (χ0) is 12.8. The van der Waals surface area contributed by atoms with Crippen molar-refractivity contribution in [3.63, 3.8) is 0 Å². The summed E-state index contributed by atoms with van der Waals surface area (Å²) in [6.07, 6.45) is 1.86. The molecule has 0 unspecified atom stereocenters. The van der Waals surface area contributed by atoms with Crippen LogP contribution in [0.1, 0.15) is 16.7 Å². The minimum Gasteiger partial charge on any atom is -0.308 e. The normalized spacial score (nSPS) is 10.3. The molecule has 18 heavy (non-hydrogen) atoms. The first kappa shape index (κ1) is 12.9. The van der Waals surface area contributed by atoms with E-state index in [1.807, 2.05) is 30.1 Å². The average molecular weight is 259 g/mol. The fraction of sp³-hybridized carbons (Fsp3) is 0.214. The average Bonchev–Trinajstić information content (AvgIpc) is 2.42. The van der Waals surface area contributed by atoms with Gasteiger partial charge in [-0.25, -0.2) is 10.8 Å². The largest absolute Gasteiger partial charge is 0.308 e. The molecule has 0 saturated carbocycles. The molecule has 0 amide bonds. The SMILES string of the molecule is Cc1ccccc1CSCc1ccc(NN)nc1. The van der Waals surface area contributed by atoms with Gasteiger partial charge in [0.25, 0.3) is 0 Å². The number of nitrogen functional groups attached to an aromatic ring is 1. The quantitative estimate of drug-likeness (QED) is 0.640. The van der Waals surface area contributed by atoms with Crippen molar-refractivity contribution in [1.82, 2.24) is 4.98 Å². The number of nitrogens with two attached hydrogens (primary N) is 1. The molecule has 0 radical (unpaired) electrons. The summed E-state index contributed by atoms with van der Waals surface area (Å²) in [5, 5.41) is 0. The first-order valence-corrected chi connectivity index (χ1v) is 6.99. The Morgan fingerprint density at radius 3 is 2.67 bits per heavy atom.